The van der Waals surface area contributed by atoms with Crippen LogP contribution in [0.25, 0.3) is 0 Å². The van der Waals surface area contributed by atoms with Crippen molar-refractivity contribution in [2.75, 3.05) is 39.8 Å². The molecule has 6 N–H and O–H groups in total. The predicted octanol–water partition coefficient (Wildman–Crippen LogP) is 2.98. The summed E-state index contributed by atoms with van der Waals surface area (Å²) in [5.74, 6) is -3.69. The van der Waals surface area contributed by atoms with Gasteiger partial charge in [0.15, 0.2) is 0 Å². The zero-order chi connectivity index (χ0) is 47.1. The number of nitrogens with one attached hydrogen (secondary N) is 5. The molecule has 2 saturated heterocycles. The Morgan fingerprint density at radius 2 is 1.14 bits per heavy atom. The normalized spacial score (nSPS) is 19.5. The van der Waals surface area contributed by atoms with E-state index in [1.807, 2.05) is 104 Å². The van der Waals surface area contributed by atoms with Gasteiger partial charge in [0, 0.05) is 26.2 Å². The monoisotopic (exact) mass is 884 g/mol. The number of nitrogens with zero attached hydrogens (tertiary/aromatic N) is 2. The van der Waals surface area contributed by atoms with Crippen LogP contribution < -0.4 is 26.6 Å². The minimum atomic E-state index is -1.06. The molecule has 0 radical (unpaired) electrons. The highest BCUT2D eigenvalue weighted by Crippen LogP contribution is 2.29. The van der Waals surface area contributed by atoms with Crippen molar-refractivity contribution in [3.05, 3.63) is 35.9 Å². The van der Waals surface area contributed by atoms with Gasteiger partial charge in [-0.15, -0.1) is 0 Å². The smallest absolute Gasteiger partial charge is 0.328 e. The van der Waals surface area contributed by atoms with Crippen LogP contribution in [0.2, 0.25) is 0 Å². The summed E-state index contributed by atoms with van der Waals surface area (Å²) in [7, 11) is 1.27. The molecule has 0 aromatic heterocycles. The maximum atomic E-state index is 14.3. The number of rotatable bonds is 24. The Morgan fingerprint density at radius 1 is 0.635 bits per heavy atom. The molecule has 2 aliphatic heterocycles. The first kappa shape index (κ1) is 52.8. The molecule has 1 aromatic carbocycles. The second kappa shape index (κ2) is 25.1. The quantitative estimate of drug-likeness (QED) is 0.0831. The predicted molar refractivity (Wildman–Crippen MR) is 241 cm³/mol. The Morgan fingerprint density at radius 3 is 1.65 bits per heavy atom. The molecule has 16 heteroatoms. The lowest BCUT2D eigenvalue weighted by atomic mass is 9.84. The van der Waals surface area contributed by atoms with E-state index >= 15 is 0 Å². The fraction of sp³-hybridized carbons (Fsp3) is 0.723. The summed E-state index contributed by atoms with van der Waals surface area (Å²) in [6.45, 7) is 21.1. The van der Waals surface area contributed by atoms with Crippen molar-refractivity contribution in [1.29, 1.82) is 0 Å². The van der Waals surface area contributed by atoms with E-state index in [4.69, 9.17) is 4.74 Å². The van der Waals surface area contributed by atoms with Gasteiger partial charge in [-0.05, 0) is 79.1 Å². The average Bonchev–Trinajstić information content (AvgIpc) is 3.19. The maximum absolute atomic E-state index is 14.3. The summed E-state index contributed by atoms with van der Waals surface area (Å²) in [5, 5.41) is 24.6. The van der Waals surface area contributed by atoms with Gasteiger partial charge in [0.2, 0.25) is 29.5 Å². The number of hydrogen-bond acceptors (Lipinski definition) is 10. The minimum Gasteiger partial charge on any atom is -0.480 e. The molecule has 0 saturated carbocycles. The Kier molecular flexibility index (Phi) is 21.0. The zero-order valence-corrected chi connectivity index (χ0v) is 39.6. The number of esters is 1. The van der Waals surface area contributed by atoms with Crippen molar-refractivity contribution in [3.8, 4) is 0 Å². The summed E-state index contributed by atoms with van der Waals surface area (Å²) in [6, 6.07) is 3.86. The van der Waals surface area contributed by atoms with Gasteiger partial charge in [-0.25, -0.2) is 4.79 Å². The number of benzene rings is 1. The lowest BCUT2D eigenvalue weighted by molar-refractivity contribution is -0.147. The largest absolute Gasteiger partial charge is 0.480 e. The lowest BCUT2D eigenvalue weighted by Crippen LogP contribution is -2.61. The number of ether oxygens (including phenoxy) is 1. The molecule has 5 amide bonds. The number of carbonyl (C=O) groups is 7. The third kappa shape index (κ3) is 17.2. The van der Waals surface area contributed by atoms with Crippen LogP contribution in [0.3, 0.4) is 0 Å². The van der Waals surface area contributed by atoms with Gasteiger partial charge < -0.3 is 36.0 Å². The van der Waals surface area contributed by atoms with Gasteiger partial charge >= 0.3 is 11.9 Å². The summed E-state index contributed by atoms with van der Waals surface area (Å²) in [6.07, 6.45) is 2.19. The number of hydrogen-bond donors (Lipinski definition) is 6. The van der Waals surface area contributed by atoms with E-state index < -0.39 is 65.9 Å². The van der Waals surface area contributed by atoms with Crippen LogP contribution >= 0.6 is 0 Å². The van der Waals surface area contributed by atoms with Gasteiger partial charge in [-0.3, -0.25) is 39.0 Å². The topological polar surface area (TPSA) is 216 Å². The molecule has 16 nitrogen and oxygen atoms in total. The van der Waals surface area contributed by atoms with Crippen LogP contribution in [-0.4, -0.2) is 132 Å². The van der Waals surface area contributed by atoms with Crippen molar-refractivity contribution in [2.45, 2.75) is 138 Å². The third-order valence-corrected chi connectivity index (χ3v) is 11.7. The number of methoxy groups -OCH3 is 1. The number of piperidine rings is 2. The number of carbonyl (C=O) groups excluding carboxylic acids is 6. The van der Waals surface area contributed by atoms with Crippen LogP contribution in [0, 0.1) is 41.4 Å². The highest BCUT2D eigenvalue weighted by atomic mass is 16.5. The molecule has 2 heterocycles. The van der Waals surface area contributed by atoms with Crippen molar-refractivity contribution in [1.82, 2.24) is 36.4 Å². The fourth-order valence-electron chi connectivity index (χ4n) is 8.72. The van der Waals surface area contributed by atoms with Crippen molar-refractivity contribution < 1.29 is 43.4 Å². The van der Waals surface area contributed by atoms with Crippen LogP contribution in [0.4, 0.5) is 0 Å². The van der Waals surface area contributed by atoms with E-state index in [0.717, 1.165) is 12.0 Å². The molecule has 2 bridgehead atoms. The van der Waals surface area contributed by atoms with E-state index in [1.54, 1.807) is 0 Å². The van der Waals surface area contributed by atoms with Crippen molar-refractivity contribution >= 4 is 41.5 Å². The van der Waals surface area contributed by atoms with Gasteiger partial charge in [0.05, 0.1) is 19.7 Å². The molecule has 2 unspecified atom stereocenters. The summed E-state index contributed by atoms with van der Waals surface area (Å²) >= 11 is 0. The number of carboxylic acid groups (broad SMARTS) is 1. The summed E-state index contributed by atoms with van der Waals surface area (Å²) in [5.41, 5.74) is 0.831. The zero-order valence-electron chi connectivity index (χ0n) is 39.6. The third-order valence-electron chi connectivity index (χ3n) is 11.7. The van der Waals surface area contributed by atoms with Crippen LogP contribution in [0.5, 0.6) is 0 Å². The van der Waals surface area contributed by atoms with E-state index in [2.05, 4.69) is 31.5 Å². The highest BCUT2D eigenvalue weighted by molar-refractivity contribution is 5.94. The summed E-state index contributed by atoms with van der Waals surface area (Å²) in [4.78, 5) is 97.6. The van der Waals surface area contributed by atoms with E-state index in [1.165, 1.54) is 7.11 Å². The van der Waals surface area contributed by atoms with Crippen molar-refractivity contribution in [2.24, 2.45) is 41.4 Å². The Bertz CT molecular complexity index is 1670. The summed E-state index contributed by atoms with van der Waals surface area (Å²) < 4.78 is 4.88. The molecule has 0 spiro atoms. The second-order valence-electron chi connectivity index (χ2n) is 19.8. The van der Waals surface area contributed by atoms with Gasteiger partial charge in [0.25, 0.3) is 0 Å². The molecule has 8 atom stereocenters. The number of amides is 5. The molecule has 3 rings (SSSR count). The molecule has 63 heavy (non-hydrogen) atoms. The molecule has 2 fully saturated rings. The lowest BCUT2D eigenvalue weighted by Gasteiger charge is -2.46. The number of likely N-dealkylation sites (tertiary alicyclic amines) is 2. The van der Waals surface area contributed by atoms with Gasteiger partial charge in [0.1, 0.15) is 30.2 Å². The molecule has 354 valence electrons. The van der Waals surface area contributed by atoms with E-state index in [0.29, 0.717) is 45.4 Å². The Balaban J connectivity index is 1.69. The Labute approximate surface area is 375 Å². The first-order chi connectivity index (χ1) is 29.6. The van der Waals surface area contributed by atoms with Gasteiger partial charge in [-0.1, -0.05) is 99.6 Å². The average molecular weight is 884 g/mol. The van der Waals surface area contributed by atoms with Gasteiger partial charge in [-0.2, -0.15) is 0 Å². The standard InChI is InChI=1S/C47H77N7O9/c1-27(2)17-35(42(56)52-41(31(9)10)47(62)63-11)49-39(55)26-53-22-33-20-34(23-53)25-54(24-33)45(59)37(18-28(3)4)50-44(58)40(30(7)8)51-43(57)36(21-32-15-13-12-14-16-32)48-38(46(60)61)19-29(5)6/h12-16,27-31,33-38,40-41,48H,17-26H2,1-11H3,(H,49,55)(H,50,58)(H,51,57)(H,52,56)(H,60,61)/t33?,34?,35-,36-,37-,38+,40-,41-/m0/s1. The molecule has 2 aliphatic rings. The molecular weight excluding hydrogens is 807 g/mol. The molecule has 0 aliphatic carbocycles. The molecular formula is C47H77N7O9. The number of aliphatic carboxylic acids is 1. The maximum Gasteiger partial charge on any atom is 0.328 e. The van der Waals surface area contributed by atoms with E-state index in [9.17, 15) is 38.7 Å². The number of fused-ring (bicyclic) bond motifs is 2. The first-order valence-corrected chi connectivity index (χ1v) is 22.9. The SMILES string of the molecule is COC(=O)[C@@H](NC(=O)[C@H](CC(C)C)NC(=O)CN1CC2CC(C1)CN(C(=O)[C@H](CC(C)C)NC(=O)[C@@H](NC(=O)[C@H](Cc1ccccc1)N[C@H](CC(C)C)C(=O)O)C(C)C)C2)C(C)C. The van der Waals surface area contributed by atoms with E-state index in [-0.39, 0.29) is 66.2 Å². The van der Waals surface area contributed by atoms with Crippen LogP contribution in [0.1, 0.15) is 100 Å². The minimum absolute atomic E-state index is 0.0579. The van der Waals surface area contributed by atoms with Crippen LogP contribution in [-0.2, 0) is 44.7 Å². The second-order valence-corrected chi connectivity index (χ2v) is 19.8. The fourth-order valence-corrected chi connectivity index (χ4v) is 8.72. The first-order valence-electron chi connectivity index (χ1n) is 22.9. The van der Waals surface area contributed by atoms with Crippen molar-refractivity contribution in [3.63, 3.8) is 0 Å². The number of carboxylic acids is 1. The van der Waals surface area contributed by atoms with Crippen LogP contribution in [0.15, 0.2) is 30.3 Å². The molecule has 1 aromatic rings. The highest BCUT2D eigenvalue weighted by Gasteiger charge is 2.40. The Hall–Kier alpha value is -4.57.